The fourth-order valence-electron chi connectivity index (χ4n) is 15.7. The second-order valence-electron chi connectivity index (χ2n) is 33.1. The number of rotatable bonds is 30. The first-order chi connectivity index (χ1) is 63.7. The smallest absolute Gasteiger partial charge is 0.433 e. The molecule has 1 N–H and O–H groups in total. The Morgan fingerprint density at radius 3 is 1.66 bits per heavy atom. The lowest BCUT2D eigenvalue weighted by Crippen LogP contribution is -2.45. The Labute approximate surface area is 780 Å². The van der Waals surface area contributed by atoms with Crippen LogP contribution in [-0.2, 0) is 135 Å². The number of ether oxygens (including phenoxy) is 8. The lowest BCUT2D eigenvalue weighted by atomic mass is 9.81. The number of benzene rings is 3. The predicted molar refractivity (Wildman–Crippen MR) is 472 cm³/mol. The Kier molecular flexibility index (Phi) is 34.0. The number of aromatic nitrogens is 9. The number of Topliss-reactive ketones (excluding diaryl/α,β-unsaturated/α-hetero) is 4. The van der Waals surface area contributed by atoms with Gasteiger partial charge in [-0.3, -0.25) is 47.9 Å². The van der Waals surface area contributed by atoms with E-state index in [1.165, 1.54) is 104 Å². The highest BCUT2D eigenvalue weighted by molar-refractivity contribution is 7.92. The Morgan fingerprint density at radius 1 is 0.662 bits per heavy atom. The minimum absolute atomic E-state index is 0.00823. The summed E-state index contributed by atoms with van der Waals surface area (Å²) in [5, 5.41) is 6.54. The van der Waals surface area contributed by atoms with Gasteiger partial charge in [-0.2, -0.15) is 44.7 Å². The van der Waals surface area contributed by atoms with Crippen LogP contribution in [0.3, 0.4) is 0 Å². The van der Waals surface area contributed by atoms with Crippen molar-refractivity contribution in [1.29, 1.82) is 0 Å². The average Bonchev–Trinajstić information content (AvgIpc) is 1.58. The van der Waals surface area contributed by atoms with Crippen molar-refractivity contribution >= 4 is 76.1 Å². The van der Waals surface area contributed by atoms with Crippen LogP contribution in [0.5, 0.6) is 34.8 Å². The quantitative estimate of drug-likeness (QED) is 0.00638. The zero-order valence-corrected chi connectivity index (χ0v) is 79.4. The molecule has 0 saturated heterocycles. The molecule has 8 heterocycles. The van der Waals surface area contributed by atoms with Crippen LogP contribution in [0.1, 0.15) is 169 Å². The molecule has 3 fully saturated rings. The minimum Gasteiger partial charge on any atom is -0.473 e. The standard InChI is InChI=1S/C21H19ClFN3O6.C19H24N2O6S2.C18H20F3NO5.C16H18F3NO5.C16H18N2O4S/c1-5-29-32-13(3)30-20-17(7-6-8-24-20)31-18-11-16(15(23)10-14(18)22)26-19(27)9-12(2)25(4)21(26)28;1-6-9-29(25,26)27-18-14(10-20-21(18)5)17(22)13-7-8-15-16(12(13)2)19(3,4)11-28(15,23)24;1-25-6-7-26-9-12-13(4-5-14(22-12)18(19,20)21)27-17-15(23)10-2-3-11(8-10)16(17)24;1-23-7-8-24-9-10-13(5-6-14(20-10)16(17,18)19)25-15-11(21)3-2-4-12(15)22;1-9-10(14(19)11-7-17-18(4)15(11)20)5-6-12-13(9)16(2,3)8-23(12,21)22/h6-11H,3,5H2,1-2,4H3;7-8,10H,6,9,11H2,1-5H3;4-5,10-11,17H,2-3,6-9H2,1H3;5-6,15H,2-4,7-9H2,1H3;5-7,17H,8H2,1-4H3. The van der Waals surface area contributed by atoms with Gasteiger partial charge in [0.05, 0.1) is 90.2 Å². The largest absolute Gasteiger partial charge is 0.473 e. The maximum atomic E-state index is 14.7. The number of pyridine rings is 3. The lowest BCUT2D eigenvalue weighted by molar-refractivity contribution is -0.279. The van der Waals surface area contributed by atoms with Crippen molar-refractivity contribution in [2.45, 2.75) is 166 Å². The van der Waals surface area contributed by atoms with Gasteiger partial charge in [0.15, 0.2) is 60.1 Å². The molecule has 46 heteroatoms. The summed E-state index contributed by atoms with van der Waals surface area (Å²) in [7, 11) is -3.19. The molecular formula is C90H99ClF7N9O26S3. The van der Waals surface area contributed by atoms with Crippen LogP contribution in [0, 0.1) is 38.4 Å². The molecule has 2 unspecified atom stereocenters. The molecule has 9 aromatic rings. The molecule has 6 aromatic heterocycles. The molecular weight excluding hydrogens is 1890 g/mol. The Hall–Kier alpha value is -12.0. The molecule has 0 amide bonds. The lowest BCUT2D eigenvalue weighted by Gasteiger charge is -2.26. The first-order valence-electron chi connectivity index (χ1n) is 42.1. The summed E-state index contributed by atoms with van der Waals surface area (Å²) in [5.74, 6) is -4.24. The first-order valence-corrected chi connectivity index (χ1v) is 47.3. The first kappa shape index (κ1) is 106. The van der Waals surface area contributed by atoms with Crippen molar-refractivity contribution in [1.82, 2.24) is 43.6 Å². The highest BCUT2D eigenvalue weighted by Gasteiger charge is 2.50. The number of ketones is 6. The average molecular weight is 1990 g/mol. The van der Waals surface area contributed by atoms with E-state index in [4.69, 9.17) is 63.5 Å². The van der Waals surface area contributed by atoms with E-state index in [1.807, 2.05) is 27.7 Å². The van der Waals surface area contributed by atoms with Crippen LogP contribution in [0.4, 0.5) is 30.7 Å². The summed E-state index contributed by atoms with van der Waals surface area (Å²) in [6.45, 7) is 19.9. The van der Waals surface area contributed by atoms with Crippen molar-refractivity contribution in [3.8, 4) is 40.4 Å². The number of aromatic amines is 1. The van der Waals surface area contributed by atoms with E-state index in [0.717, 1.165) is 36.4 Å². The maximum Gasteiger partial charge on any atom is 0.433 e. The van der Waals surface area contributed by atoms with Gasteiger partial charge in [0.1, 0.15) is 57.0 Å². The van der Waals surface area contributed by atoms with Gasteiger partial charge < -0.3 is 51.7 Å². The molecule has 0 radical (unpaired) electrons. The molecule has 2 aliphatic heterocycles. The Balaban J connectivity index is 0.000000176. The van der Waals surface area contributed by atoms with Crippen molar-refractivity contribution in [2.24, 2.45) is 33.0 Å². The van der Waals surface area contributed by atoms with Crippen molar-refractivity contribution in [2.75, 3.05) is 64.5 Å². The number of alkyl halides is 6. The number of fused-ring (bicyclic) bond motifs is 4. The summed E-state index contributed by atoms with van der Waals surface area (Å²) < 4.78 is 217. The summed E-state index contributed by atoms with van der Waals surface area (Å²) in [5.41, 5.74) is -2.16. The van der Waals surface area contributed by atoms with E-state index in [2.05, 4.69) is 31.7 Å². The number of nitrogens with one attached hydrogen (secondary N) is 1. The van der Waals surface area contributed by atoms with E-state index in [0.29, 0.717) is 80.6 Å². The van der Waals surface area contributed by atoms with Crippen LogP contribution in [-0.4, -0.2) is 180 Å². The van der Waals surface area contributed by atoms with Gasteiger partial charge in [0.25, 0.3) is 17.0 Å². The van der Waals surface area contributed by atoms with Gasteiger partial charge in [-0.05, 0) is 155 Å². The molecule has 734 valence electrons. The van der Waals surface area contributed by atoms with E-state index >= 15 is 0 Å². The van der Waals surface area contributed by atoms with Gasteiger partial charge in [-0.25, -0.2) is 50.2 Å². The summed E-state index contributed by atoms with van der Waals surface area (Å²) in [6, 6.07) is 15.9. The summed E-state index contributed by atoms with van der Waals surface area (Å²) >= 11 is 6.14. The number of carbonyl (C=O) groups is 6. The normalized spacial score (nSPS) is 17.2. The number of methoxy groups -OCH3 is 2. The molecule has 3 saturated carbocycles. The van der Waals surface area contributed by atoms with E-state index in [1.54, 1.807) is 40.7 Å². The van der Waals surface area contributed by atoms with E-state index in [9.17, 15) is 99.1 Å². The van der Waals surface area contributed by atoms with E-state index < -0.39 is 111 Å². The second-order valence-corrected chi connectivity index (χ2v) is 39.1. The van der Waals surface area contributed by atoms with Crippen LogP contribution < -0.4 is 39.9 Å². The molecule has 136 heavy (non-hydrogen) atoms. The number of carbonyl (C=O) groups excluding carboxylic acids is 6. The number of halogens is 8. The van der Waals surface area contributed by atoms with Gasteiger partial charge >= 0.3 is 34.1 Å². The second kappa shape index (κ2) is 43.6. The Bertz CT molecular complexity index is 6610. The minimum atomic E-state index is -4.63. The van der Waals surface area contributed by atoms with Crippen LogP contribution in [0.25, 0.3) is 5.69 Å². The number of hydrogen-bond acceptors (Lipinski definition) is 30. The molecule has 35 nitrogen and oxygen atoms in total. The monoisotopic (exact) mass is 1990 g/mol. The van der Waals surface area contributed by atoms with E-state index in [-0.39, 0.29) is 190 Å². The highest BCUT2D eigenvalue weighted by Crippen LogP contribution is 2.46. The third kappa shape index (κ3) is 24.7. The van der Waals surface area contributed by atoms with Crippen LogP contribution in [0.15, 0.2) is 134 Å². The molecule has 3 aromatic carbocycles. The van der Waals surface area contributed by atoms with Crippen LogP contribution >= 0.6 is 11.6 Å². The highest BCUT2D eigenvalue weighted by atomic mass is 35.5. The molecule has 0 spiro atoms. The number of nitrogens with zero attached hydrogens (tertiary/aromatic N) is 8. The zero-order chi connectivity index (χ0) is 100. The topological polar surface area (TPSA) is 445 Å². The third-order valence-electron chi connectivity index (χ3n) is 22.1. The van der Waals surface area contributed by atoms with Gasteiger partial charge in [-0.15, -0.1) is 0 Å². The Morgan fingerprint density at radius 2 is 1.18 bits per heavy atom. The fourth-order valence-corrected chi connectivity index (χ4v) is 21.5. The van der Waals surface area contributed by atoms with Crippen LogP contribution in [0.2, 0.25) is 5.02 Å². The molecule has 5 aliphatic rings. The SMILES string of the molecule is C=C(OOCC)Oc1ncccc1Oc1cc(-n2c(=O)cc(C)n(C)c2=O)c(F)cc1Cl.CCCS(=O)(=O)Oc1c(C(=O)c2ccc3c(c2C)C(C)(C)CS3(=O)=O)cnn1C.COCCOCc1nc(C(F)(F)F)ccc1OC1C(=O)C2CCC(C2)C1=O.COCCOCc1nc(C(F)(F)F)ccc1OC1C(=O)CCCC1=O.Cc1c(C(=O)c2c[nH]n(C)c2=O)ccc2c1C(C)(C)CS2(=O)=O. The van der Waals surface area contributed by atoms with Crippen molar-refractivity contribution < 1.29 is 137 Å². The number of sulfone groups is 2. The summed E-state index contributed by atoms with van der Waals surface area (Å²) in [6.07, 6.45) is -4.73. The molecule has 3 aliphatic carbocycles. The number of aryl methyl sites for hydroxylation is 3. The third-order valence-corrected chi connectivity index (χ3v) is 28.0. The molecule has 2 atom stereocenters. The van der Waals surface area contributed by atoms with Crippen molar-refractivity contribution in [3.05, 3.63) is 225 Å². The fraction of sp³-hybridized carbons (Fsp3) is 0.433. The predicted octanol–water partition coefficient (Wildman–Crippen LogP) is 12.0. The summed E-state index contributed by atoms with van der Waals surface area (Å²) in [4.78, 5) is 133. The van der Waals surface area contributed by atoms with Gasteiger partial charge in [0.2, 0.25) is 18.1 Å². The van der Waals surface area contributed by atoms with Gasteiger partial charge in [0, 0.05) is 112 Å². The maximum absolute atomic E-state index is 14.7. The molecule has 2 bridgehead atoms. The van der Waals surface area contributed by atoms with Gasteiger partial charge in [-0.1, -0.05) is 46.2 Å². The number of hydrogen-bond donors (Lipinski definition) is 1. The van der Waals surface area contributed by atoms with Crippen molar-refractivity contribution in [3.63, 3.8) is 0 Å². The zero-order valence-electron chi connectivity index (χ0n) is 76.2. The molecule has 14 rings (SSSR count). The number of H-pyrrole nitrogens is 1.